The van der Waals surface area contributed by atoms with E-state index in [0.29, 0.717) is 12.1 Å². The molecule has 0 aromatic heterocycles. The third-order valence-electron chi connectivity index (χ3n) is 4.54. The number of hydrogen-bond donors (Lipinski definition) is 1. The molecule has 1 aromatic rings. The lowest BCUT2D eigenvalue weighted by atomic mass is 10.0. The number of carbonyl (C=O) groups is 3. The summed E-state index contributed by atoms with van der Waals surface area (Å²) in [5, 5.41) is 6.22. The quantitative estimate of drug-likeness (QED) is 0.833. The third-order valence-corrected chi connectivity index (χ3v) is 4.54. The Morgan fingerprint density at radius 3 is 2.54 bits per heavy atom. The Hall–Kier alpha value is -2.70. The van der Waals surface area contributed by atoms with Crippen LogP contribution in [0.3, 0.4) is 0 Å². The summed E-state index contributed by atoms with van der Waals surface area (Å²) in [4.78, 5) is 43.2. The van der Waals surface area contributed by atoms with Crippen LogP contribution in [0.25, 0.3) is 0 Å². The number of rotatable bonds is 4. The Labute approximate surface area is 138 Å². The molecule has 1 N–H and O–H groups in total. The van der Waals surface area contributed by atoms with Crippen LogP contribution in [0.2, 0.25) is 0 Å². The van der Waals surface area contributed by atoms with Gasteiger partial charge in [-0.1, -0.05) is 35.5 Å². The summed E-state index contributed by atoms with van der Waals surface area (Å²) in [6.07, 6.45) is 1.80. The molecule has 7 heteroatoms. The van der Waals surface area contributed by atoms with Crippen molar-refractivity contribution in [2.75, 3.05) is 0 Å². The van der Waals surface area contributed by atoms with Crippen LogP contribution >= 0.6 is 0 Å². The monoisotopic (exact) mass is 327 g/mol. The van der Waals surface area contributed by atoms with E-state index in [1.54, 1.807) is 0 Å². The van der Waals surface area contributed by atoms with Gasteiger partial charge in [0.25, 0.3) is 5.91 Å². The van der Waals surface area contributed by atoms with E-state index in [2.05, 4.69) is 10.5 Å². The SMILES string of the molecule is O=C1C[C@@H](N(C(=O)C2=NO[C@@H](c3ccccc3)C2)C2CC2)C(=O)N1. The summed E-state index contributed by atoms with van der Waals surface area (Å²) in [7, 11) is 0. The van der Waals surface area contributed by atoms with Crippen LogP contribution in [0, 0.1) is 0 Å². The largest absolute Gasteiger partial charge is 0.387 e. The molecule has 24 heavy (non-hydrogen) atoms. The van der Waals surface area contributed by atoms with Crippen molar-refractivity contribution in [2.45, 2.75) is 43.9 Å². The minimum atomic E-state index is -0.726. The van der Waals surface area contributed by atoms with Gasteiger partial charge in [-0.25, -0.2) is 0 Å². The first-order chi connectivity index (χ1) is 11.6. The zero-order valence-electron chi connectivity index (χ0n) is 13.0. The number of hydrogen-bond acceptors (Lipinski definition) is 5. The number of nitrogens with zero attached hydrogens (tertiary/aromatic N) is 2. The van der Waals surface area contributed by atoms with Crippen molar-refractivity contribution >= 4 is 23.4 Å². The first-order valence-electron chi connectivity index (χ1n) is 8.07. The fourth-order valence-corrected chi connectivity index (χ4v) is 3.18. The summed E-state index contributed by atoms with van der Waals surface area (Å²) >= 11 is 0. The fourth-order valence-electron chi connectivity index (χ4n) is 3.18. The third kappa shape index (κ3) is 2.66. The molecule has 2 fully saturated rings. The Kier molecular flexibility index (Phi) is 3.55. The molecule has 0 radical (unpaired) electrons. The highest BCUT2D eigenvalue weighted by Gasteiger charge is 2.46. The lowest BCUT2D eigenvalue weighted by Gasteiger charge is -2.26. The lowest BCUT2D eigenvalue weighted by molar-refractivity contribution is -0.134. The Bertz CT molecular complexity index is 727. The van der Waals surface area contributed by atoms with Crippen molar-refractivity contribution in [1.82, 2.24) is 10.2 Å². The van der Waals surface area contributed by atoms with Crippen LogP contribution in [0.4, 0.5) is 0 Å². The zero-order valence-corrected chi connectivity index (χ0v) is 13.0. The standard InChI is InChI=1S/C17H17N3O4/c21-15-9-13(16(22)18-15)20(11-6-7-11)17(23)12-8-14(24-19-12)10-4-2-1-3-5-10/h1-5,11,13-14H,6-9H2,(H,18,21,22)/t13-,14-/m1/s1. The number of oxime groups is 1. The second kappa shape index (κ2) is 5.74. The summed E-state index contributed by atoms with van der Waals surface area (Å²) in [5.74, 6) is -1.04. The van der Waals surface area contributed by atoms with Crippen LogP contribution in [0.5, 0.6) is 0 Å². The Morgan fingerprint density at radius 2 is 1.92 bits per heavy atom. The second-order valence-electron chi connectivity index (χ2n) is 6.32. The van der Waals surface area contributed by atoms with Gasteiger partial charge in [0.2, 0.25) is 11.8 Å². The van der Waals surface area contributed by atoms with E-state index in [0.717, 1.165) is 18.4 Å². The molecule has 0 spiro atoms. The second-order valence-corrected chi connectivity index (χ2v) is 6.32. The van der Waals surface area contributed by atoms with Crippen molar-refractivity contribution in [1.29, 1.82) is 0 Å². The normalized spacial score (nSPS) is 25.9. The molecule has 3 aliphatic rings. The first-order valence-corrected chi connectivity index (χ1v) is 8.07. The topological polar surface area (TPSA) is 88.1 Å². The molecular formula is C17H17N3O4. The molecule has 7 nitrogen and oxygen atoms in total. The smallest absolute Gasteiger partial charge is 0.272 e. The van der Waals surface area contributed by atoms with Gasteiger partial charge in [0.05, 0.1) is 6.42 Å². The minimum absolute atomic E-state index is 0.0117. The zero-order chi connectivity index (χ0) is 16.7. The van der Waals surface area contributed by atoms with Gasteiger partial charge in [0, 0.05) is 12.5 Å². The number of benzene rings is 1. The Morgan fingerprint density at radius 1 is 1.17 bits per heavy atom. The maximum atomic E-state index is 12.9. The van der Waals surface area contributed by atoms with Gasteiger partial charge < -0.3 is 9.74 Å². The van der Waals surface area contributed by atoms with Crippen LogP contribution in [-0.2, 0) is 19.2 Å². The van der Waals surface area contributed by atoms with E-state index < -0.39 is 11.9 Å². The first kappa shape index (κ1) is 14.9. The van der Waals surface area contributed by atoms with Crippen molar-refractivity contribution in [3.63, 3.8) is 0 Å². The average Bonchev–Trinajstić information content (AvgIpc) is 3.18. The maximum Gasteiger partial charge on any atom is 0.272 e. The summed E-state index contributed by atoms with van der Waals surface area (Å²) in [6.45, 7) is 0. The van der Waals surface area contributed by atoms with Crippen LogP contribution in [0.1, 0.15) is 37.4 Å². The molecule has 2 atom stereocenters. The van der Waals surface area contributed by atoms with E-state index in [4.69, 9.17) is 4.84 Å². The van der Waals surface area contributed by atoms with Gasteiger partial charge >= 0.3 is 0 Å². The number of carbonyl (C=O) groups excluding carboxylic acids is 3. The molecular weight excluding hydrogens is 310 g/mol. The molecule has 0 bridgehead atoms. The van der Waals surface area contributed by atoms with Gasteiger partial charge in [0.15, 0.2) is 6.10 Å². The van der Waals surface area contributed by atoms with E-state index in [1.807, 2.05) is 30.3 Å². The number of imide groups is 1. The number of amides is 3. The fraction of sp³-hybridized carbons (Fsp3) is 0.412. The molecule has 1 aliphatic carbocycles. The van der Waals surface area contributed by atoms with E-state index in [1.165, 1.54) is 4.90 Å². The average molecular weight is 327 g/mol. The highest BCUT2D eigenvalue weighted by molar-refractivity contribution is 6.39. The molecule has 3 amide bonds. The predicted octanol–water partition coefficient (Wildman–Crippen LogP) is 0.910. The maximum absolute atomic E-state index is 12.9. The van der Waals surface area contributed by atoms with Gasteiger partial charge in [-0.05, 0) is 18.4 Å². The van der Waals surface area contributed by atoms with Crippen LogP contribution in [0.15, 0.2) is 35.5 Å². The van der Waals surface area contributed by atoms with Crippen LogP contribution in [-0.4, -0.2) is 40.4 Å². The summed E-state index contributed by atoms with van der Waals surface area (Å²) < 4.78 is 0. The molecule has 2 aliphatic heterocycles. The van der Waals surface area contributed by atoms with Crippen molar-refractivity contribution < 1.29 is 19.2 Å². The molecule has 0 unspecified atom stereocenters. The lowest BCUT2D eigenvalue weighted by Crippen LogP contribution is -2.48. The molecule has 1 aromatic carbocycles. The van der Waals surface area contributed by atoms with Gasteiger partial charge in [-0.3, -0.25) is 19.7 Å². The van der Waals surface area contributed by atoms with Gasteiger partial charge in [-0.15, -0.1) is 0 Å². The van der Waals surface area contributed by atoms with E-state index >= 15 is 0 Å². The summed E-state index contributed by atoms with van der Waals surface area (Å²) in [5.41, 5.74) is 1.26. The molecule has 2 heterocycles. The summed E-state index contributed by atoms with van der Waals surface area (Å²) in [6, 6.07) is 8.86. The minimum Gasteiger partial charge on any atom is -0.387 e. The predicted molar refractivity (Wildman–Crippen MR) is 83.7 cm³/mol. The van der Waals surface area contributed by atoms with E-state index in [9.17, 15) is 14.4 Å². The highest BCUT2D eigenvalue weighted by atomic mass is 16.6. The Balaban J connectivity index is 1.50. The van der Waals surface area contributed by atoms with Crippen molar-refractivity contribution in [3.8, 4) is 0 Å². The molecule has 4 rings (SSSR count). The van der Waals surface area contributed by atoms with Crippen molar-refractivity contribution in [2.24, 2.45) is 5.16 Å². The number of nitrogens with one attached hydrogen (secondary N) is 1. The molecule has 1 saturated carbocycles. The van der Waals surface area contributed by atoms with Gasteiger partial charge in [0.1, 0.15) is 11.8 Å². The van der Waals surface area contributed by atoms with Crippen molar-refractivity contribution in [3.05, 3.63) is 35.9 Å². The van der Waals surface area contributed by atoms with E-state index in [-0.39, 0.29) is 30.4 Å². The van der Waals surface area contributed by atoms with Gasteiger partial charge in [-0.2, -0.15) is 0 Å². The molecule has 1 saturated heterocycles. The van der Waals surface area contributed by atoms with Crippen LogP contribution < -0.4 is 5.32 Å². The highest BCUT2D eigenvalue weighted by Crippen LogP contribution is 2.33. The molecule has 124 valence electrons.